The van der Waals surface area contributed by atoms with Gasteiger partial charge in [0.2, 0.25) is 5.91 Å². The Morgan fingerprint density at radius 2 is 0.639 bits per heavy atom. The van der Waals surface area contributed by atoms with Crippen LogP contribution in [0.2, 0.25) is 0 Å². The first kappa shape index (κ1) is 70.6. The first-order chi connectivity index (χ1) is 35.5. The fourth-order valence-corrected chi connectivity index (χ4v) is 10.5. The van der Waals surface area contributed by atoms with Gasteiger partial charge < -0.3 is 20.3 Å². The van der Waals surface area contributed by atoms with Gasteiger partial charge in [-0.25, -0.2) is 0 Å². The molecule has 0 bridgehead atoms. The van der Waals surface area contributed by atoms with E-state index in [1.165, 1.54) is 308 Å². The molecule has 1 amide bonds. The first-order valence-corrected chi connectivity index (χ1v) is 33.0. The number of nitrogens with one attached hydrogen (secondary N) is 1. The van der Waals surface area contributed by atoms with E-state index in [-0.39, 0.29) is 18.5 Å². The van der Waals surface area contributed by atoms with Gasteiger partial charge in [-0.15, -0.1) is 0 Å². The fourth-order valence-electron chi connectivity index (χ4n) is 10.5. The van der Waals surface area contributed by atoms with Crippen LogP contribution in [0, 0.1) is 0 Å². The Bertz CT molecular complexity index is 1080. The van der Waals surface area contributed by atoms with Crippen molar-refractivity contribution in [3.63, 3.8) is 0 Å². The number of ether oxygens (including phenoxy) is 1. The van der Waals surface area contributed by atoms with Gasteiger partial charge in [0.25, 0.3) is 0 Å². The Balaban J connectivity index is 3.29. The van der Waals surface area contributed by atoms with E-state index in [2.05, 4.69) is 19.2 Å². The standard InChI is InChI=1S/C66H129NO5/c1-3-5-7-9-11-13-14-15-16-30-34-37-40-44-48-52-56-60-66(71)72-61-57-53-49-45-41-38-35-32-29-27-25-23-21-19-17-18-20-22-24-26-28-31-33-36-39-43-47-51-55-59-65(70)67-63(62-68)64(69)58-54-50-46-42-12-10-8-6-4-2/h54,58,63-64,68-69H,3-53,55-57,59-62H2,1-2H3,(H,67,70)/b58-54+. The third-order valence-electron chi connectivity index (χ3n) is 15.6. The molecular weight excluding hydrogens is 887 g/mol. The maximum Gasteiger partial charge on any atom is 0.305 e. The summed E-state index contributed by atoms with van der Waals surface area (Å²) in [6, 6.07) is -0.622. The zero-order valence-corrected chi connectivity index (χ0v) is 48.9. The van der Waals surface area contributed by atoms with Gasteiger partial charge in [0, 0.05) is 12.8 Å². The van der Waals surface area contributed by atoms with Crippen LogP contribution < -0.4 is 5.32 Å². The highest BCUT2D eigenvalue weighted by Gasteiger charge is 2.18. The molecule has 0 saturated carbocycles. The number of unbranched alkanes of at least 4 members (excludes halogenated alkanes) is 51. The summed E-state index contributed by atoms with van der Waals surface area (Å²) in [4.78, 5) is 24.5. The van der Waals surface area contributed by atoms with Crippen LogP contribution in [0.25, 0.3) is 0 Å². The lowest BCUT2D eigenvalue weighted by molar-refractivity contribution is -0.143. The quantitative estimate of drug-likeness (QED) is 0.0320. The van der Waals surface area contributed by atoms with Crippen molar-refractivity contribution in [2.24, 2.45) is 0 Å². The molecule has 3 N–H and O–H groups in total. The number of aliphatic hydroxyl groups is 2. The maximum absolute atomic E-state index is 12.4. The monoisotopic (exact) mass is 1020 g/mol. The molecule has 0 aromatic rings. The highest BCUT2D eigenvalue weighted by atomic mass is 16.5. The van der Waals surface area contributed by atoms with Crippen molar-refractivity contribution in [3.05, 3.63) is 12.2 Å². The number of hydrogen-bond acceptors (Lipinski definition) is 5. The van der Waals surface area contributed by atoms with E-state index in [9.17, 15) is 19.8 Å². The molecule has 0 rings (SSSR count). The van der Waals surface area contributed by atoms with Crippen LogP contribution in [0.5, 0.6) is 0 Å². The zero-order valence-electron chi connectivity index (χ0n) is 48.9. The smallest absolute Gasteiger partial charge is 0.305 e. The third kappa shape index (κ3) is 57.9. The highest BCUT2D eigenvalue weighted by Crippen LogP contribution is 2.19. The minimum absolute atomic E-state index is 0.0237. The van der Waals surface area contributed by atoms with Gasteiger partial charge in [0.1, 0.15) is 0 Å². The molecule has 72 heavy (non-hydrogen) atoms. The highest BCUT2D eigenvalue weighted by molar-refractivity contribution is 5.76. The predicted octanol–water partition coefficient (Wildman–Crippen LogP) is 20.8. The molecule has 428 valence electrons. The minimum atomic E-state index is -0.839. The number of allylic oxidation sites excluding steroid dienone is 1. The minimum Gasteiger partial charge on any atom is -0.466 e. The summed E-state index contributed by atoms with van der Waals surface area (Å²) in [5.41, 5.74) is 0. The van der Waals surface area contributed by atoms with Crippen LogP contribution in [-0.4, -0.2) is 47.4 Å². The van der Waals surface area contributed by atoms with Gasteiger partial charge in [0.05, 0.1) is 25.4 Å². The molecule has 6 heteroatoms. The van der Waals surface area contributed by atoms with Crippen LogP contribution in [0.4, 0.5) is 0 Å². The van der Waals surface area contributed by atoms with Crippen LogP contribution in [0.3, 0.4) is 0 Å². The molecule has 0 aliphatic carbocycles. The topological polar surface area (TPSA) is 95.9 Å². The molecule has 6 nitrogen and oxygen atoms in total. The molecule has 0 fully saturated rings. The zero-order chi connectivity index (χ0) is 52.2. The second-order valence-corrected chi connectivity index (χ2v) is 22.8. The van der Waals surface area contributed by atoms with Crippen molar-refractivity contribution in [2.45, 2.75) is 386 Å². The van der Waals surface area contributed by atoms with Crippen molar-refractivity contribution in [1.82, 2.24) is 5.32 Å². The first-order valence-electron chi connectivity index (χ1n) is 33.0. The van der Waals surface area contributed by atoms with Crippen LogP contribution in [0.1, 0.15) is 373 Å². The molecule has 0 heterocycles. The van der Waals surface area contributed by atoms with Crippen molar-refractivity contribution in [2.75, 3.05) is 13.2 Å². The van der Waals surface area contributed by atoms with E-state index in [0.29, 0.717) is 19.4 Å². The van der Waals surface area contributed by atoms with Gasteiger partial charge in [-0.2, -0.15) is 0 Å². The Kier molecular flexibility index (Phi) is 60.9. The predicted molar refractivity (Wildman–Crippen MR) is 315 cm³/mol. The summed E-state index contributed by atoms with van der Waals surface area (Å²) in [6.07, 6.45) is 75.8. The van der Waals surface area contributed by atoms with Gasteiger partial charge >= 0.3 is 5.97 Å². The van der Waals surface area contributed by atoms with E-state index in [1.807, 2.05) is 6.08 Å². The molecule has 2 atom stereocenters. The summed E-state index contributed by atoms with van der Waals surface area (Å²) < 4.78 is 5.51. The number of aliphatic hydroxyl groups excluding tert-OH is 2. The van der Waals surface area contributed by atoms with E-state index in [4.69, 9.17) is 4.74 Å². The molecule has 2 unspecified atom stereocenters. The summed E-state index contributed by atoms with van der Waals surface area (Å²) in [5, 5.41) is 23.0. The lowest BCUT2D eigenvalue weighted by Gasteiger charge is -2.20. The summed E-state index contributed by atoms with van der Waals surface area (Å²) in [7, 11) is 0. The number of rotatable bonds is 62. The molecule has 0 aromatic heterocycles. The maximum atomic E-state index is 12.4. The average Bonchev–Trinajstić information content (AvgIpc) is 3.38. The Morgan fingerprint density at radius 3 is 0.944 bits per heavy atom. The van der Waals surface area contributed by atoms with Gasteiger partial charge in [0.15, 0.2) is 0 Å². The summed E-state index contributed by atoms with van der Waals surface area (Å²) in [5.74, 6) is -0.0418. The van der Waals surface area contributed by atoms with Crippen molar-refractivity contribution in [1.29, 1.82) is 0 Å². The van der Waals surface area contributed by atoms with E-state index in [0.717, 1.165) is 38.5 Å². The largest absolute Gasteiger partial charge is 0.466 e. The Morgan fingerprint density at radius 1 is 0.375 bits per heavy atom. The lowest BCUT2D eigenvalue weighted by atomic mass is 10.0. The van der Waals surface area contributed by atoms with Crippen molar-refractivity contribution >= 4 is 11.9 Å². The summed E-state index contributed by atoms with van der Waals surface area (Å²) in [6.45, 7) is 4.91. The summed E-state index contributed by atoms with van der Waals surface area (Å²) >= 11 is 0. The molecule has 0 spiro atoms. The van der Waals surface area contributed by atoms with Crippen molar-refractivity contribution in [3.8, 4) is 0 Å². The number of amides is 1. The van der Waals surface area contributed by atoms with Crippen LogP contribution >= 0.6 is 0 Å². The van der Waals surface area contributed by atoms with E-state index >= 15 is 0 Å². The third-order valence-corrected chi connectivity index (χ3v) is 15.6. The fraction of sp³-hybridized carbons (Fsp3) is 0.939. The van der Waals surface area contributed by atoms with E-state index < -0.39 is 12.1 Å². The number of hydrogen-bond donors (Lipinski definition) is 3. The second-order valence-electron chi connectivity index (χ2n) is 22.8. The van der Waals surface area contributed by atoms with Gasteiger partial charge in [-0.3, -0.25) is 9.59 Å². The number of carbonyl (C=O) groups is 2. The SMILES string of the molecule is CCCCCCCCC/C=C/C(O)C(CO)NC(=O)CCCCCCCCCCCCCCCCCCCCCCCCCCCCCCCOC(=O)CCCCCCCCCCCCCCCCCCC. The van der Waals surface area contributed by atoms with Crippen molar-refractivity contribution < 1.29 is 24.5 Å². The number of esters is 1. The van der Waals surface area contributed by atoms with E-state index in [1.54, 1.807) is 6.08 Å². The Hall–Kier alpha value is -1.40. The van der Waals surface area contributed by atoms with Crippen LogP contribution in [0.15, 0.2) is 12.2 Å². The lowest BCUT2D eigenvalue weighted by Crippen LogP contribution is -2.45. The molecule has 0 aliphatic heterocycles. The molecular formula is C66H129NO5. The molecule has 0 radical (unpaired) electrons. The Labute approximate surface area is 450 Å². The molecule has 0 aliphatic rings. The number of carbonyl (C=O) groups excluding carboxylic acids is 2. The van der Waals surface area contributed by atoms with Gasteiger partial charge in [-0.1, -0.05) is 341 Å². The molecule has 0 aromatic carbocycles. The normalized spacial score (nSPS) is 12.6. The average molecular weight is 1020 g/mol. The second kappa shape index (κ2) is 62.1. The molecule has 0 saturated heterocycles. The van der Waals surface area contributed by atoms with Crippen LogP contribution in [-0.2, 0) is 14.3 Å². The van der Waals surface area contributed by atoms with Gasteiger partial charge in [-0.05, 0) is 32.1 Å².